The third-order valence-electron chi connectivity index (χ3n) is 5.31. The molecule has 0 saturated heterocycles. The van der Waals surface area contributed by atoms with Crippen molar-refractivity contribution in [2.24, 2.45) is 10.9 Å². The van der Waals surface area contributed by atoms with Crippen molar-refractivity contribution in [3.05, 3.63) is 89.7 Å². The van der Waals surface area contributed by atoms with Gasteiger partial charge < -0.3 is 20.1 Å². The molecular formula is C26H31IN4O2. The van der Waals surface area contributed by atoms with E-state index in [-0.39, 0.29) is 24.0 Å². The number of nitrogens with zero attached hydrogens (tertiary/aromatic N) is 2. The van der Waals surface area contributed by atoms with E-state index >= 15 is 0 Å². The van der Waals surface area contributed by atoms with Gasteiger partial charge in [-0.25, -0.2) is 0 Å². The summed E-state index contributed by atoms with van der Waals surface area (Å²) < 4.78 is 11.8. The number of nitrogens with one attached hydrogen (secondary N) is 2. The van der Waals surface area contributed by atoms with Gasteiger partial charge in [-0.3, -0.25) is 9.98 Å². The Bertz CT molecular complexity index is 1010. The number of ether oxygens (including phenoxy) is 2. The molecule has 3 aromatic rings. The van der Waals surface area contributed by atoms with E-state index in [2.05, 4.69) is 38.8 Å². The molecule has 174 valence electrons. The van der Waals surface area contributed by atoms with Gasteiger partial charge in [0.15, 0.2) is 5.96 Å². The van der Waals surface area contributed by atoms with Crippen LogP contribution in [-0.2, 0) is 19.7 Å². The van der Waals surface area contributed by atoms with Crippen LogP contribution in [-0.4, -0.2) is 24.6 Å². The lowest BCUT2D eigenvalue weighted by atomic mass is 10.2. The van der Waals surface area contributed by atoms with Gasteiger partial charge in [-0.15, -0.1) is 24.0 Å². The summed E-state index contributed by atoms with van der Waals surface area (Å²) in [5.74, 6) is 3.25. The maximum absolute atomic E-state index is 6.00. The maximum atomic E-state index is 6.00. The third kappa shape index (κ3) is 8.24. The molecule has 1 aliphatic carbocycles. The third-order valence-corrected chi connectivity index (χ3v) is 5.31. The van der Waals surface area contributed by atoms with Crippen LogP contribution in [0.25, 0.3) is 0 Å². The zero-order chi connectivity index (χ0) is 22.0. The number of aromatic nitrogens is 1. The highest BCUT2D eigenvalue weighted by Gasteiger charge is 2.22. The quantitative estimate of drug-likeness (QED) is 0.210. The molecular weight excluding hydrogens is 527 g/mol. The summed E-state index contributed by atoms with van der Waals surface area (Å²) in [6, 6.07) is 22.0. The summed E-state index contributed by atoms with van der Waals surface area (Å²) in [7, 11) is 1.78. The summed E-state index contributed by atoms with van der Waals surface area (Å²) >= 11 is 0. The van der Waals surface area contributed by atoms with E-state index in [1.165, 1.54) is 12.8 Å². The topological polar surface area (TPSA) is 67.8 Å². The van der Waals surface area contributed by atoms with Gasteiger partial charge in [-0.05, 0) is 54.7 Å². The Balaban J connectivity index is 0.00000306. The van der Waals surface area contributed by atoms with Crippen molar-refractivity contribution in [1.29, 1.82) is 0 Å². The Kier molecular flexibility index (Phi) is 9.80. The zero-order valence-corrected chi connectivity index (χ0v) is 21.2. The Morgan fingerprint density at radius 2 is 1.70 bits per heavy atom. The van der Waals surface area contributed by atoms with Crippen LogP contribution < -0.4 is 20.1 Å². The smallest absolute Gasteiger partial charge is 0.191 e. The first-order valence-corrected chi connectivity index (χ1v) is 11.1. The van der Waals surface area contributed by atoms with Crippen molar-refractivity contribution in [3.8, 4) is 11.5 Å². The fourth-order valence-corrected chi connectivity index (χ4v) is 3.21. The van der Waals surface area contributed by atoms with E-state index in [4.69, 9.17) is 9.47 Å². The van der Waals surface area contributed by atoms with Crippen molar-refractivity contribution in [1.82, 2.24) is 15.6 Å². The number of aliphatic imine (C=N–C) groups is 1. The highest BCUT2D eigenvalue weighted by atomic mass is 127. The average molecular weight is 558 g/mol. The Morgan fingerprint density at radius 1 is 0.939 bits per heavy atom. The molecule has 1 aromatic heterocycles. The lowest BCUT2D eigenvalue weighted by Gasteiger charge is -2.15. The van der Waals surface area contributed by atoms with Crippen molar-refractivity contribution in [2.45, 2.75) is 32.5 Å². The van der Waals surface area contributed by atoms with Gasteiger partial charge in [-0.1, -0.05) is 36.4 Å². The first kappa shape index (κ1) is 24.8. The summed E-state index contributed by atoms with van der Waals surface area (Å²) in [6.45, 7) is 2.59. The van der Waals surface area contributed by atoms with E-state index in [1.807, 2.05) is 48.5 Å². The molecule has 0 radical (unpaired) electrons. The van der Waals surface area contributed by atoms with E-state index in [0.717, 1.165) is 46.8 Å². The largest absolute Gasteiger partial charge is 0.493 e. The first-order chi connectivity index (χ1) is 15.8. The molecule has 0 atom stereocenters. The molecule has 2 N–H and O–H groups in total. The number of guanidine groups is 1. The summed E-state index contributed by atoms with van der Waals surface area (Å²) in [5.41, 5.74) is 3.18. The number of para-hydroxylation sites is 1. The Hall–Kier alpha value is -2.81. The normalized spacial score (nSPS) is 13.1. The first-order valence-electron chi connectivity index (χ1n) is 11.1. The minimum atomic E-state index is 0. The Morgan fingerprint density at radius 3 is 2.42 bits per heavy atom. The summed E-state index contributed by atoms with van der Waals surface area (Å²) in [4.78, 5) is 8.61. The molecule has 2 aromatic carbocycles. The van der Waals surface area contributed by atoms with Crippen LogP contribution in [0.1, 0.15) is 29.7 Å². The second kappa shape index (κ2) is 13.0. The lowest BCUT2D eigenvalue weighted by molar-refractivity contribution is 0.296. The number of benzene rings is 2. The summed E-state index contributed by atoms with van der Waals surface area (Å²) in [5, 5.41) is 6.74. The van der Waals surface area contributed by atoms with Crippen LogP contribution in [0.5, 0.6) is 11.5 Å². The molecule has 7 heteroatoms. The molecule has 1 saturated carbocycles. The fraction of sp³-hybridized carbons (Fsp3) is 0.308. The SMILES string of the molecule is CN=C(NCc1ccc(OCc2ccccn2)cc1)NCc1ccccc1OCC1CC1.I. The predicted octanol–water partition coefficient (Wildman–Crippen LogP) is 4.93. The second-order valence-electron chi connectivity index (χ2n) is 7.90. The monoisotopic (exact) mass is 558 g/mol. The van der Waals surface area contributed by atoms with Gasteiger partial charge in [0.1, 0.15) is 18.1 Å². The minimum absolute atomic E-state index is 0. The Labute approximate surface area is 212 Å². The molecule has 1 aliphatic rings. The van der Waals surface area contributed by atoms with Gasteiger partial charge >= 0.3 is 0 Å². The van der Waals surface area contributed by atoms with Crippen molar-refractivity contribution in [3.63, 3.8) is 0 Å². The molecule has 0 amide bonds. The fourth-order valence-electron chi connectivity index (χ4n) is 3.21. The van der Waals surface area contributed by atoms with Crippen molar-refractivity contribution >= 4 is 29.9 Å². The molecule has 0 bridgehead atoms. The van der Waals surface area contributed by atoms with E-state index < -0.39 is 0 Å². The molecule has 33 heavy (non-hydrogen) atoms. The molecule has 6 nitrogen and oxygen atoms in total. The van der Waals surface area contributed by atoms with E-state index in [9.17, 15) is 0 Å². The molecule has 0 unspecified atom stereocenters. The van der Waals surface area contributed by atoms with Gasteiger partial charge in [0.2, 0.25) is 0 Å². The van der Waals surface area contributed by atoms with Crippen LogP contribution in [0.3, 0.4) is 0 Å². The van der Waals surface area contributed by atoms with Gasteiger partial charge in [0.05, 0.1) is 12.3 Å². The second-order valence-corrected chi connectivity index (χ2v) is 7.90. The van der Waals surface area contributed by atoms with Crippen molar-refractivity contribution < 1.29 is 9.47 Å². The number of rotatable bonds is 10. The highest BCUT2D eigenvalue weighted by molar-refractivity contribution is 14.0. The zero-order valence-electron chi connectivity index (χ0n) is 18.9. The van der Waals surface area contributed by atoms with Crippen LogP contribution in [0.15, 0.2) is 77.9 Å². The molecule has 0 aliphatic heterocycles. The van der Waals surface area contributed by atoms with Crippen molar-refractivity contribution in [2.75, 3.05) is 13.7 Å². The molecule has 4 rings (SSSR count). The highest BCUT2D eigenvalue weighted by Crippen LogP contribution is 2.30. The number of hydrogen-bond donors (Lipinski definition) is 2. The lowest BCUT2D eigenvalue weighted by Crippen LogP contribution is -2.36. The van der Waals surface area contributed by atoms with E-state index in [1.54, 1.807) is 13.2 Å². The van der Waals surface area contributed by atoms with Crippen LogP contribution in [0.4, 0.5) is 0 Å². The average Bonchev–Trinajstić information content (AvgIpc) is 3.68. The van der Waals surface area contributed by atoms with Gasteiger partial charge in [0, 0.05) is 31.9 Å². The van der Waals surface area contributed by atoms with Crippen LogP contribution >= 0.6 is 24.0 Å². The molecule has 1 fully saturated rings. The summed E-state index contributed by atoms with van der Waals surface area (Å²) in [6.07, 6.45) is 4.34. The van der Waals surface area contributed by atoms with E-state index in [0.29, 0.717) is 19.7 Å². The number of halogens is 1. The predicted molar refractivity (Wildman–Crippen MR) is 142 cm³/mol. The number of hydrogen-bond acceptors (Lipinski definition) is 4. The number of pyridine rings is 1. The standard InChI is InChI=1S/C26H30N4O2.HI/c1-27-26(30-17-22-6-2-3-8-25(22)32-18-21-9-10-21)29-16-20-11-13-24(14-12-20)31-19-23-7-4-5-15-28-23;/h2-8,11-15,21H,9-10,16-19H2,1H3,(H2,27,29,30);1H. The van der Waals surface area contributed by atoms with Crippen LogP contribution in [0.2, 0.25) is 0 Å². The van der Waals surface area contributed by atoms with Gasteiger partial charge in [0.25, 0.3) is 0 Å². The van der Waals surface area contributed by atoms with Gasteiger partial charge in [-0.2, -0.15) is 0 Å². The maximum Gasteiger partial charge on any atom is 0.191 e. The molecule has 0 spiro atoms. The van der Waals surface area contributed by atoms with Crippen LogP contribution in [0, 0.1) is 5.92 Å². The molecule has 1 heterocycles. The minimum Gasteiger partial charge on any atom is -0.493 e.